The summed E-state index contributed by atoms with van der Waals surface area (Å²) in [7, 11) is 1.80. The highest BCUT2D eigenvalue weighted by atomic mass is 79.9. The van der Waals surface area contributed by atoms with E-state index < -0.39 is 6.10 Å². The number of rotatable bonds is 4. The predicted molar refractivity (Wildman–Crippen MR) is 66.3 cm³/mol. The fraction of sp³-hybridized carbons (Fsp3) is 0.545. The summed E-state index contributed by atoms with van der Waals surface area (Å²) in [4.78, 5) is 11.7. The number of aryl methyl sites for hydroxylation is 1. The molecule has 1 heterocycles. The minimum absolute atomic E-state index is 0.139. The number of hydrogen-bond acceptors (Lipinski definition) is 2. The molecule has 1 aromatic rings. The van der Waals surface area contributed by atoms with E-state index in [1.165, 1.54) is 0 Å². The van der Waals surface area contributed by atoms with Crippen molar-refractivity contribution in [2.75, 3.05) is 6.54 Å². The maximum absolute atomic E-state index is 11.7. The van der Waals surface area contributed by atoms with Crippen LogP contribution in [0.3, 0.4) is 0 Å². The predicted octanol–water partition coefficient (Wildman–Crippen LogP) is 1.53. The lowest BCUT2D eigenvalue weighted by Crippen LogP contribution is -2.35. The van der Waals surface area contributed by atoms with Crippen molar-refractivity contribution in [3.8, 4) is 0 Å². The van der Waals surface area contributed by atoms with Crippen LogP contribution in [0.25, 0.3) is 0 Å². The van der Waals surface area contributed by atoms with Gasteiger partial charge in [-0.3, -0.25) is 4.79 Å². The molecule has 0 saturated carbocycles. The highest BCUT2D eigenvalue weighted by Gasteiger charge is 2.14. The molecule has 0 spiro atoms. The fourth-order valence-corrected chi connectivity index (χ4v) is 1.80. The molecule has 0 aliphatic heterocycles. The Bertz CT molecular complexity index is 374. The smallest absolute Gasteiger partial charge is 0.268 e. The molecule has 4 nitrogen and oxygen atoms in total. The van der Waals surface area contributed by atoms with E-state index in [2.05, 4.69) is 21.2 Å². The zero-order valence-corrected chi connectivity index (χ0v) is 11.3. The second-order valence-electron chi connectivity index (χ2n) is 4.18. The molecule has 5 heteroatoms. The van der Waals surface area contributed by atoms with Gasteiger partial charge >= 0.3 is 0 Å². The number of aliphatic hydroxyl groups excluding tert-OH is 1. The Morgan fingerprint density at radius 1 is 1.62 bits per heavy atom. The third-order valence-electron chi connectivity index (χ3n) is 2.45. The topological polar surface area (TPSA) is 54.3 Å². The Hall–Kier alpha value is -0.810. The lowest BCUT2D eigenvalue weighted by molar-refractivity contribution is 0.0864. The van der Waals surface area contributed by atoms with Gasteiger partial charge in [-0.15, -0.1) is 0 Å². The SMILES string of the molecule is CC(C)C(O)CNC(=O)c1cc(Br)cn1C. The van der Waals surface area contributed by atoms with Crippen LogP contribution >= 0.6 is 15.9 Å². The van der Waals surface area contributed by atoms with Crippen LogP contribution in [0, 0.1) is 5.92 Å². The summed E-state index contributed by atoms with van der Waals surface area (Å²) in [6.07, 6.45) is 1.31. The van der Waals surface area contributed by atoms with E-state index in [4.69, 9.17) is 0 Å². The number of aliphatic hydroxyl groups is 1. The standard InChI is InChI=1S/C11H17BrN2O2/c1-7(2)10(15)5-13-11(16)9-4-8(12)6-14(9)3/h4,6-7,10,15H,5H2,1-3H3,(H,13,16). The molecule has 1 rings (SSSR count). The monoisotopic (exact) mass is 288 g/mol. The zero-order chi connectivity index (χ0) is 12.3. The van der Waals surface area contributed by atoms with Crippen LogP contribution in [0.1, 0.15) is 24.3 Å². The van der Waals surface area contributed by atoms with Crippen LogP contribution in [-0.2, 0) is 7.05 Å². The van der Waals surface area contributed by atoms with Gasteiger partial charge < -0.3 is 15.0 Å². The minimum Gasteiger partial charge on any atom is -0.391 e. The quantitative estimate of drug-likeness (QED) is 0.883. The van der Waals surface area contributed by atoms with Crippen molar-refractivity contribution in [2.24, 2.45) is 13.0 Å². The number of amides is 1. The Morgan fingerprint density at radius 3 is 2.69 bits per heavy atom. The molecule has 2 N–H and O–H groups in total. The molecule has 1 aromatic heterocycles. The molecule has 0 bridgehead atoms. The van der Waals surface area contributed by atoms with Gasteiger partial charge in [0.25, 0.3) is 5.91 Å². The Balaban J connectivity index is 2.56. The van der Waals surface area contributed by atoms with Crippen molar-refractivity contribution in [1.29, 1.82) is 0 Å². The van der Waals surface area contributed by atoms with E-state index in [1.807, 2.05) is 20.0 Å². The van der Waals surface area contributed by atoms with Gasteiger partial charge in [0.15, 0.2) is 0 Å². The summed E-state index contributed by atoms with van der Waals surface area (Å²) in [5, 5.41) is 12.3. The largest absolute Gasteiger partial charge is 0.391 e. The average Bonchev–Trinajstić information content (AvgIpc) is 2.53. The number of aromatic nitrogens is 1. The van der Waals surface area contributed by atoms with Crippen molar-refractivity contribution in [3.05, 3.63) is 22.4 Å². The van der Waals surface area contributed by atoms with Gasteiger partial charge in [0.1, 0.15) is 5.69 Å². The first-order valence-corrected chi connectivity index (χ1v) is 5.99. The van der Waals surface area contributed by atoms with E-state index >= 15 is 0 Å². The molecule has 90 valence electrons. The van der Waals surface area contributed by atoms with Crippen LogP contribution in [0.15, 0.2) is 16.7 Å². The molecular formula is C11H17BrN2O2. The first-order valence-electron chi connectivity index (χ1n) is 5.20. The third-order valence-corrected chi connectivity index (χ3v) is 2.88. The highest BCUT2D eigenvalue weighted by Crippen LogP contribution is 2.13. The van der Waals surface area contributed by atoms with Crippen LogP contribution in [0.5, 0.6) is 0 Å². The van der Waals surface area contributed by atoms with Gasteiger partial charge in [0.05, 0.1) is 6.10 Å². The van der Waals surface area contributed by atoms with Crippen molar-refractivity contribution < 1.29 is 9.90 Å². The zero-order valence-electron chi connectivity index (χ0n) is 9.70. The average molecular weight is 289 g/mol. The second kappa shape index (κ2) is 5.50. The summed E-state index contributed by atoms with van der Waals surface area (Å²) >= 11 is 3.30. The van der Waals surface area contributed by atoms with Crippen LogP contribution in [-0.4, -0.2) is 28.2 Å². The first kappa shape index (κ1) is 13.3. The molecular weight excluding hydrogens is 272 g/mol. The van der Waals surface area contributed by atoms with Crippen LogP contribution in [0.2, 0.25) is 0 Å². The number of hydrogen-bond donors (Lipinski definition) is 2. The van der Waals surface area contributed by atoms with Gasteiger partial charge in [0, 0.05) is 24.3 Å². The van der Waals surface area contributed by atoms with Crippen LogP contribution in [0.4, 0.5) is 0 Å². The number of nitrogens with zero attached hydrogens (tertiary/aromatic N) is 1. The van der Waals surface area contributed by atoms with E-state index in [0.717, 1.165) is 4.47 Å². The maximum Gasteiger partial charge on any atom is 0.268 e. The molecule has 16 heavy (non-hydrogen) atoms. The molecule has 0 aromatic carbocycles. The first-order chi connectivity index (χ1) is 7.41. The van der Waals surface area contributed by atoms with E-state index in [-0.39, 0.29) is 18.4 Å². The molecule has 0 fully saturated rings. The lowest BCUT2D eigenvalue weighted by atomic mass is 10.1. The lowest BCUT2D eigenvalue weighted by Gasteiger charge is -2.15. The molecule has 0 aliphatic carbocycles. The van der Waals surface area contributed by atoms with Gasteiger partial charge in [-0.25, -0.2) is 0 Å². The van der Waals surface area contributed by atoms with E-state index in [0.29, 0.717) is 5.69 Å². The Kier molecular flexibility index (Phi) is 4.56. The Morgan fingerprint density at radius 2 is 2.25 bits per heavy atom. The van der Waals surface area contributed by atoms with Crippen LogP contribution < -0.4 is 5.32 Å². The van der Waals surface area contributed by atoms with Gasteiger partial charge in [-0.1, -0.05) is 13.8 Å². The molecule has 1 unspecified atom stereocenters. The molecule has 1 amide bonds. The van der Waals surface area contributed by atoms with Crippen molar-refractivity contribution >= 4 is 21.8 Å². The highest BCUT2D eigenvalue weighted by molar-refractivity contribution is 9.10. The summed E-state index contributed by atoms with van der Waals surface area (Å²) in [5.41, 5.74) is 0.572. The fourth-order valence-electron chi connectivity index (χ4n) is 1.27. The molecule has 1 atom stereocenters. The van der Waals surface area contributed by atoms with Crippen molar-refractivity contribution in [3.63, 3.8) is 0 Å². The van der Waals surface area contributed by atoms with E-state index in [1.54, 1.807) is 17.7 Å². The van der Waals surface area contributed by atoms with Gasteiger partial charge in [-0.2, -0.15) is 0 Å². The molecule has 0 radical (unpaired) electrons. The summed E-state index contributed by atoms with van der Waals surface area (Å²) in [6, 6.07) is 1.75. The van der Waals surface area contributed by atoms with Crippen molar-refractivity contribution in [1.82, 2.24) is 9.88 Å². The summed E-state index contributed by atoms with van der Waals surface area (Å²) in [6.45, 7) is 4.10. The number of carbonyl (C=O) groups excluding carboxylic acids is 1. The molecule has 0 aliphatic rings. The second-order valence-corrected chi connectivity index (χ2v) is 5.09. The number of carbonyl (C=O) groups is 1. The normalized spacial score (nSPS) is 12.9. The van der Waals surface area contributed by atoms with Gasteiger partial charge in [-0.05, 0) is 27.9 Å². The Labute approximate surface area is 104 Å². The third kappa shape index (κ3) is 3.35. The number of nitrogens with one attached hydrogen (secondary N) is 1. The maximum atomic E-state index is 11.7. The van der Waals surface area contributed by atoms with Crippen molar-refractivity contribution in [2.45, 2.75) is 20.0 Å². The van der Waals surface area contributed by atoms with Gasteiger partial charge in [0.2, 0.25) is 0 Å². The summed E-state index contributed by atoms with van der Waals surface area (Å²) < 4.78 is 2.60. The minimum atomic E-state index is -0.507. The number of halogens is 1. The molecule has 0 saturated heterocycles. The summed E-state index contributed by atoms with van der Waals surface area (Å²) in [5.74, 6) is -0.0339. The van der Waals surface area contributed by atoms with E-state index in [9.17, 15) is 9.90 Å².